The van der Waals surface area contributed by atoms with Gasteiger partial charge in [0.15, 0.2) is 17.3 Å². The summed E-state index contributed by atoms with van der Waals surface area (Å²) in [5.41, 5.74) is -1.19. The molecule has 0 saturated heterocycles. The third-order valence-electron chi connectivity index (χ3n) is 4.50. The van der Waals surface area contributed by atoms with Crippen LogP contribution in [0.25, 0.3) is 0 Å². The van der Waals surface area contributed by atoms with Gasteiger partial charge in [0, 0.05) is 24.5 Å². The molecule has 0 N–H and O–H groups in total. The number of Topliss-reactive ketones (excluding diaryl/α,β-unsaturated/α-hetero) is 1. The van der Waals surface area contributed by atoms with Crippen LogP contribution in [0.15, 0.2) is 17.9 Å². The summed E-state index contributed by atoms with van der Waals surface area (Å²) in [4.78, 5) is 25.1. The zero-order valence-corrected chi connectivity index (χ0v) is 14.5. The Bertz CT molecular complexity index is 769. The molecule has 0 radical (unpaired) electrons. The first-order valence-corrected chi connectivity index (χ1v) is 7.75. The van der Waals surface area contributed by atoms with Crippen molar-refractivity contribution in [1.29, 1.82) is 0 Å². The average Bonchev–Trinajstić information content (AvgIpc) is 2.87. The van der Waals surface area contributed by atoms with Crippen molar-refractivity contribution >= 4 is 23.2 Å². The molecule has 2 aliphatic rings. The number of halogens is 1. The predicted octanol–water partition coefficient (Wildman–Crippen LogP) is 2.81. The van der Waals surface area contributed by atoms with Crippen LogP contribution in [0.2, 0.25) is 5.02 Å². The smallest absolute Gasteiger partial charge is 0.231 e. The molecule has 1 aromatic carbocycles. The number of hydrogen-bond donors (Lipinski definition) is 0. The van der Waals surface area contributed by atoms with Crippen LogP contribution < -0.4 is 14.2 Å². The van der Waals surface area contributed by atoms with Crippen LogP contribution in [-0.2, 0) is 9.53 Å². The Labute approximate surface area is 144 Å². The molecular formula is C17H17ClO6. The molecule has 0 bridgehead atoms. The highest BCUT2D eigenvalue weighted by molar-refractivity contribution is 6.35. The monoisotopic (exact) mass is 352 g/mol. The van der Waals surface area contributed by atoms with Crippen molar-refractivity contribution in [1.82, 2.24) is 0 Å². The van der Waals surface area contributed by atoms with Gasteiger partial charge in [-0.1, -0.05) is 18.5 Å². The summed E-state index contributed by atoms with van der Waals surface area (Å²) in [6, 6.07) is 1.54. The zero-order chi connectivity index (χ0) is 17.6. The second kappa shape index (κ2) is 5.70. The van der Waals surface area contributed by atoms with Crippen LogP contribution >= 0.6 is 11.6 Å². The lowest BCUT2D eigenvalue weighted by atomic mass is 9.75. The predicted molar refractivity (Wildman–Crippen MR) is 86.1 cm³/mol. The Balaban J connectivity index is 2.26. The third-order valence-corrected chi connectivity index (χ3v) is 4.86. The van der Waals surface area contributed by atoms with Crippen molar-refractivity contribution in [2.75, 3.05) is 21.3 Å². The molecule has 1 aliphatic carbocycles. The fourth-order valence-electron chi connectivity index (χ4n) is 3.30. The van der Waals surface area contributed by atoms with E-state index in [0.29, 0.717) is 11.5 Å². The summed E-state index contributed by atoms with van der Waals surface area (Å²) in [5, 5.41) is 0.179. The fourth-order valence-corrected chi connectivity index (χ4v) is 3.56. The molecule has 1 unspecified atom stereocenters. The summed E-state index contributed by atoms with van der Waals surface area (Å²) >= 11 is 6.33. The van der Waals surface area contributed by atoms with E-state index in [-0.39, 0.29) is 40.1 Å². The largest absolute Gasteiger partial charge is 0.496 e. The number of rotatable bonds is 3. The molecule has 1 spiro atoms. The van der Waals surface area contributed by atoms with Gasteiger partial charge in [0.1, 0.15) is 22.1 Å². The molecule has 0 aromatic heterocycles. The Hall–Kier alpha value is -2.21. The van der Waals surface area contributed by atoms with Crippen molar-refractivity contribution in [3.63, 3.8) is 0 Å². The molecule has 1 aromatic rings. The minimum atomic E-state index is -1.42. The van der Waals surface area contributed by atoms with Crippen molar-refractivity contribution < 1.29 is 28.5 Å². The quantitative estimate of drug-likeness (QED) is 0.833. The third kappa shape index (κ3) is 2.02. The number of hydrogen-bond acceptors (Lipinski definition) is 6. The SMILES string of the molecule is COC1=CC(=O)CC(C)[C@@]12Oc1c(Cl)c(OC)cc(OC)c1C2=O. The number of fused-ring (bicyclic) bond motifs is 1. The van der Waals surface area contributed by atoms with Gasteiger partial charge in [-0.2, -0.15) is 0 Å². The van der Waals surface area contributed by atoms with E-state index in [4.69, 9.17) is 30.5 Å². The molecular weight excluding hydrogens is 336 g/mol. The summed E-state index contributed by atoms with van der Waals surface area (Å²) in [6.45, 7) is 1.77. The van der Waals surface area contributed by atoms with Gasteiger partial charge in [0.25, 0.3) is 0 Å². The first-order valence-electron chi connectivity index (χ1n) is 7.38. The van der Waals surface area contributed by atoms with E-state index in [1.807, 2.05) is 0 Å². The molecule has 2 atom stereocenters. The van der Waals surface area contributed by atoms with Crippen molar-refractivity contribution in [3.8, 4) is 17.2 Å². The van der Waals surface area contributed by atoms with Gasteiger partial charge in [-0.3, -0.25) is 9.59 Å². The fraction of sp³-hybridized carbons (Fsp3) is 0.412. The van der Waals surface area contributed by atoms with E-state index in [0.717, 1.165) is 0 Å². The molecule has 3 rings (SSSR count). The number of carbonyl (C=O) groups is 2. The normalized spacial score (nSPS) is 25.2. The number of ether oxygens (including phenoxy) is 4. The molecule has 0 fully saturated rings. The minimum absolute atomic E-state index is 0.118. The first-order chi connectivity index (χ1) is 11.4. The van der Waals surface area contributed by atoms with Crippen LogP contribution in [0.3, 0.4) is 0 Å². The van der Waals surface area contributed by atoms with E-state index in [9.17, 15) is 9.59 Å². The maximum absolute atomic E-state index is 13.3. The van der Waals surface area contributed by atoms with E-state index >= 15 is 0 Å². The van der Waals surface area contributed by atoms with Crippen molar-refractivity contribution in [2.45, 2.75) is 18.9 Å². The second-order valence-electron chi connectivity index (χ2n) is 5.75. The summed E-state index contributed by atoms with van der Waals surface area (Å²) in [5.74, 6) is 0.107. The topological polar surface area (TPSA) is 71.1 Å². The molecule has 1 aliphatic heterocycles. The van der Waals surface area contributed by atoms with Gasteiger partial charge in [-0.15, -0.1) is 0 Å². The highest BCUT2D eigenvalue weighted by Crippen LogP contribution is 2.54. The van der Waals surface area contributed by atoms with E-state index in [1.54, 1.807) is 6.92 Å². The lowest BCUT2D eigenvalue weighted by Crippen LogP contribution is -2.51. The maximum atomic E-state index is 13.3. The summed E-state index contributed by atoms with van der Waals surface area (Å²) in [7, 11) is 4.31. The summed E-state index contributed by atoms with van der Waals surface area (Å²) < 4.78 is 21.9. The van der Waals surface area contributed by atoms with E-state index < -0.39 is 11.5 Å². The van der Waals surface area contributed by atoms with E-state index in [1.165, 1.54) is 33.5 Å². The zero-order valence-electron chi connectivity index (χ0n) is 13.8. The van der Waals surface area contributed by atoms with Crippen LogP contribution in [0, 0.1) is 5.92 Å². The highest BCUT2D eigenvalue weighted by Gasteiger charge is 2.59. The number of ketones is 2. The molecule has 6 nitrogen and oxygen atoms in total. The van der Waals surface area contributed by atoms with Crippen molar-refractivity contribution in [2.24, 2.45) is 5.92 Å². The van der Waals surface area contributed by atoms with Gasteiger partial charge < -0.3 is 18.9 Å². The Kier molecular flexibility index (Phi) is 3.95. The molecule has 128 valence electrons. The minimum Gasteiger partial charge on any atom is -0.496 e. The highest BCUT2D eigenvalue weighted by atomic mass is 35.5. The van der Waals surface area contributed by atoms with Gasteiger partial charge in [-0.25, -0.2) is 0 Å². The number of benzene rings is 1. The average molecular weight is 353 g/mol. The Morgan fingerprint density at radius 2 is 1.83 bits per heavy atom. The first kappa shape index (κ1) is 16.6. The number of carbonyl (C=O) groups excluding carboxylic acids is 2. The maximum Gasteiger partial charge on any atom is 0.231 e. The van der Waals surface area contributed by atoms with Gasteiger partial charge >= 0.3 is 0 Å². The molecule has 24 heavy (non-hydrogen) atoms. The number of allylic oxidation sites excluding steroid dienone is 1. The van der Waals surface area contributed by atoms with Crippen molar-refractivity contribution in [3.05, 3.63) is 28.5 Å². The van der Waals surface area contributed by atoms with Gasteiger partial charge in [-0.05, 0) is 0 Å². The molecule has 0 amide bonds. The van der Waals surface area contributed by atoms with Gasteiger partial charge in [0.2, 0.25) is 11.4 Å². The second-order valence-corrected chi connectivity index (χ2v) is 6.13. The van der Waals surface area contributed by atoms with E-state index in [2.05, 4.69) is 0 Å². The lowest BCUT2D eigenvalue weighted by Gasteiger charge is -2.36. The Morgan fingerprint density at radius 1 is 1.17 bits per heavy atom. The number of methoxy groups -OCH3 is 3. The lowest BCUT2D eigenvalue weighted by molar-refractivity contribution is -0.118. The molecule has 0 saturated carbocycles. The van der Waals surface area contributed by atoms with Gasteiger partial charge in [0.05, 0.1) is 21.3 Å². The van der Waals surface area contributed by atoms with Crippen LogP contribution in [0.1, 0.15) is 23.7 Å². The summed E-state index contributed by atoms with van der Waals surface area (Å²) in [6.07, 6.45) is 1.48. The Morgan fingerprint density at radius 3 is 2.42 bits per heavy atom. The van der Waals surface area contributed by atoms with Crippen LogP contribution in [0.5, 0.6) is 17.2 Å². The van der Waals surface area contributed by atoms with Crippen LogP contribution in [0.4, 0.5) is 0 Å². The molecule has 1 heterocycles. The molecule has 7 heteroatoms. The standard InChI is InChI=1S/C17H17ClO6/c1-8-5-9(19)6-12(23-4)17(8)16(20)13-10(21-2)7-11(22-3)14(18)15(13)24-17/h6-8H,5H2,1-4H3/t8?,17-/m1/s1. The van der Waals surface area contributed by atoms with Crippen LogP contribution in [-0.4, -0.2) is 38.5 Å².